The number of carbonyl (C=O) groups excluding carboxylic acids is 1. The Balaban J connectivity index is 2.05. The maximum atomic E-state index is 12.6. The first-order chi connectivity index (χ1) is 14.3. The Morgan fingerprint density at radius 3 is 2.29 bits per heavy atom. The van der Waals surface area contributed by atoms with Crippen LogP contribution in [0.4, 0.5) is 0 Å². The van der Waals surface area contributed by atoms with E-state index in [2.05, 4.69) is 59.4 Å². The Hall–Kier alpha value is -1.73. The van der Waals surface area contributed by atoms with E-state index in [0.29, 0.717) is 17.6 Å². The molecule has 0 amide bonds. The van der Waals surface area contributed by atoms with Crippen LogP contribution in [0.25, 0.3) is 0 Å². The largest absolute Gasteiger partial charge is 0.481 e. The molecule has 2 aliphatic carbocycles. The number of rotatable bonds is 7. The third-order valence-electron chi connectivity index (χ3n) is 6.49. The molecule has 1 saturated carbocycles. The van der Waals surface area contributed by atoms with Crippen molar-refractivity contribution in [2.24, 2.45) is 22.7 Å². The summed E-state index contributed by atoms with van der Waals surface area (Å²) < 4.78 is 11.7. The standard InChI is InChI=1S/C28H44O3/c1-26(2,3)19-24(27(4,5)6)21-14-12-13-17-23(18-21)30-20-25(29)31-28(7,8)22-15-10-9-11-16-22/h12,14,17-18,22,24H,9-11,15-16,19-20H2,1-8H3. The maximum absolute atomic E-state index is 12.6. The molecule has 31 heavy (non-hydrogen) atoms. The molecule has 0 aromatic heterocycles. The van der Waals surface area contributed by atoms with Gasteiger partial charge in [-0.1, -0.05) is 66.9 Å². The van der Waals surface area contributed by atoms with Gasteiger partial charge in [-0.05, 0) is 73.5 Å². The fourth-order valence-electron chi connectivity index (χ4n) is 4.71. The molecule has 1 atom stereocenters. The molecule has 0 spiro atoms. The molecular weight excluding hydrogens is 384 g/mol. The zero-order valence-corrected chi connectivity index (χ0v) is 21.1. The summed E-state index contributed by atoms with van der Waals surface area (Å²) in [6.07, 6.45) is 15.0. The first kappa shape index (κ1) is 25.5. The minimum atomic E-state index is -0.441. The third-order valence-corrected chi connectivity index (χ3v) is 6.49. The minimum Gasteiger partial charge on any atom is -0.481 e. The topological polar surface area (TPSA) is 35.5 Å². The van der Waals surface area contributed by atoms with Crippen LogP contribution in [-0.4, -0.2) is 18.2 Å². The lowest BCUT2D eigenvalue weighted by Crippen LogP contribution is -2.38. The molecule has 0 aromatic rings. The van der Waals surface area contributed by atoms with Crippen LogP contribution in [0.15, 0.2) is 41.4 Å². The molecule has 2 rings (SSSR count). The van der Waals surface area contributed by atoms with E-state index >= 15 is 0 Å². The van der Waals surface area contributed by atoms with Crippen molar-refractivity contribution >= 4 is 5.97 Å². The average Bonchev–Trinajstić information content (AvgIpc) is 2.89. The highest BCUT2D eigenvalue weighted by atomic mass is 16.6. The van der Waals surface area contributed by atoms with Crippen molar-refractivity contribution in [1.82, 2.24) is 0 Å². The fraction of sp³-hybridized carbons (Fsp3) is 0.714. The van der Waals surface area contributed by atoms with Crippen LogP contribution in [0, 0.1) is 22.7 Å². The summed E-state index contributed by atoms with van der Waals surface area (Å²) in [7, 11) is 0. The Morgan fingerprint density at radius 1 is 1.06 bits per heavy atom. The van der Waals surface area contributed by atoms with E-state index in [9.17, 15) is 4.79 Å². The second kappa shape index (κ2) is 10.3. The maximum Gasteiger partial charge on any atom is 0.344 e. The summed E-state index contributed by atoms with van der Waals surface area (Å²) >= 11 is 0. The number of allylic oxidation sites excluding steroid dienone is 4. The molecule has 0 heterocycles. The second-order valence-corrected chi connectivity index (χ2v) is 12.1. The van der Waals surface area contributed by atoms with Crippen LogP contribution >= 0.6 is 0 Å². The molecule has 0 aromatic carbocycles. The van der Waals surface area contributed by atoms with Gasteiger partial charge in [0.05, 0.1) is 0 Å². The lowest BCUT2D eigenvalue weighted by Gasteiger charge is -2.37. The Morgan fingerprint density at radius 2 is 1.71 bits per heavy atom. The first-order valence-electron chi connectivity index (χ1n) is 12.0. The molecule has 0 radical (unpaired) electrons. The van der Waals surface area contributed by atoms with Crippen molar-refractivity contribution < 1.29 is 14.3 Å². The predicted molar refractivity (Wildman–Crippen MR) is 129 cm³/mol. The van der Waals surface area contributed by atoms with Crippen molar-refractivity contribution in [2.75, 3.05) is 6.61 Å². The van der Waals surface area contributed by atoms with Gasteiger partial charge in [-0.3, -0.25) is 0 Å². The van der Waals surface area contributed by atoms with Gasteiger partial charge < -0.3 is 9.47 Å². The average molecular weight is 429 g/mol. The fourth-order valence-corrected chi connectivity index (χ4v) is 4.71. The van der Waals surface area contributed by atoms with E-state index in [4.69, 9.17) is 9.47 Å². The SMILES string of the molecule is CC(C)(C)CC(C1=CC=C=CC(OCC(=O)OC(C)(C)C2CCCCC2)=C1)C(C)(C)C. The van der Waals surface area contributed by atoms with Gasteiger partial charge in [0, 0.05) is 6.08 Å². The summed E-state index contributed by atoms with van der Waals surface area (Å²) in [5.41, 5.74) is 4.25. The van der Waals surface area contributed by atoms with E-state index in [-0.39, 0.29) is 23.4 Å². The number of esters is 1. The highest BCUT2D eigenvalue weighted by molar-refractivity contribution is 5.71. The Bertz CT molecular complexity index is 740. The van der Waals surface area contributed by atoms with Crippen molar-refractivity contribution in [3.63, 3.8) is 0 Å². The molecule has 3 heteroatoms. The minimum absolute atomic E-state index is 0.0765. The van der Waals surface area contributed by atoms with Gasteiger partial charge in [-0.2, -0.15) is 0 Å². The van der Waals surface area contributed by atoms with Crippen molar-refractivity contribution in [1.29, 1.82) is 0 Å². The van der Waals surface area contributed by atoms with Crippen LogP contribution in [-0.2, 0) is 14.3 Å². The monoisotopic (exact) mass is 428 g/mol. The van der Waals surface area contributed by atoms with Crippen LogP contribution < -0.4 is 0 Å². The second-order valence-electron chi connectivity index (χ2n) is 12.1. The van der Waals surface area contributed by atoms with Gasteiger partial charge in [0.1, 0.15) is 11.4 Å². The quantitative estimate of drug-likeness (QED) is 0.310. The highest BCUT2D eigenvalue weighted by Crippen LogP contribution is 2.41. The van der Waals surface area contributed by atoms with Gasteiger partial charge in [0.2, 0.25) is 0 Å². The van der Waals surface area contributed by atoms with Crippen molar-refractivity contribution in [3.8, 4) is 0 Å². The highest BCUT2D eigenvalue weighted by Gasteiger charge is 2.34. The Labute approximate surface area is 190 Å². The normalized spacial score (nSPS) is 19.4. The van der Waals surface area contributed by atoms with Gasteiger partial charge >= 0.3 is 5.97 Å². The predicted octanol–water partition coefficient (Wildman–Crippen LogP) is 7.54. The van der Waals surface area contributed by atoms with Gasteiger partial charge in [0.15, 0.2) is 6.61 Å². The van der Waals surface area contributed by atoms with E-state index in [1.165, 1.54) is 24.8 Å². The molecule has 1 unspecified atom stereocenters. The van der Waals surface area contributed by atoms with Crippen LogP contribution in [0.3, 0.4) is 0 Å². The zero-order chi connectivity index (χ0) is 23.3. The van der Waals surface area contributed by atoms with E-state index in [1.807, 2.05) is 19.9 Å². The number of carbonyl (C=O) groups is 1. The van der Waals surface area contributed by atoms with Crippen LogP contribution in [0.5, 0.6) is 0 Å². The first-order valence-corrected chi connectivity index (χ1v) is 12.0. The summed E-state index contributed by atoms with van der Waals surface area (Å²) in [4.78, 5) is 12.6. The molecule has 1 fully saturated rings. The van der Waals surface area contributed by atoms with Crippen LogP contribution in [0.1, 0.15) is 93.9 Å². The number of hydrogen-bond acceptors (Lipinski definition) is 3. The Kier molecular flexibility index (Phi) is 8.45. The van der Waals surface area contributed by atoms with E-state index in [0.717, 1.165) is 19.3 Å². The molecule has 0 saturated heterocycles. The summed E-state index contributed by atoms with van der Waals surface area (Å²) in [5, 5.41) is 0. The summed E-state index contributed by atoms with van der Waals surface area (Å²) in [6.45, 7) is 17.7. The molecule has 0 bridgehead atoms. The number of hydrogen-bond donors (Lipinski definition) is 0. The van der Waals surface area contributed by atoms with Crippen molar-refractivity contribution in [2.45, 2.75) is 99.5 Å². The lowest BCUT2D eigenvalue weighted by atomic mass is 9.68. The van der Waals surface area contributed by atoms with Gasteiger partial charge in [-0.15, -0.1) is 5.73 Å². The summed E-state index contributed by atoms with van der Waals surface area (Å²) in [6, 6.07) is 0. The molecule has 3 nitrogen and oxygen atoms in total. The van der Waals surface area contributed by atoms with E-state index < -0.39 is 5.60 Å². The smallest absolute Gasteiger partial charge is 0.344 e. The molecule has 2 aliphatic rings. The van der Waals surface area contributed by atoms with E-state index in [1.54, 1.807) is 6.08 Å². The van der Waals surface area contributed by atoms with Gasteiger partial charge in [-0.25, -0.2) is 4.79 Å². The third kappa shape index (κ3) is 8.37. The zero-order valence-electron chi connectivity index (χ0n) is 21.1. The van der Waals surface area contributed by atoms with Crippen molar-refractivity contribution in [3.05, 3.63) is 41.4 Å². The molecule has 174 valence electrons. The molecular formula is C28H44O3. The lowest BCUT2D eigenvalue weighted by molar-refractivity contribution is -0.166. The summed E-state index contributed by atoms with van der Waals surface area (Å²) in [5.74, 6) is 1.17. The van der Waals surface area contributed by atoms with Gasteiger partial charge in [0.25, 0.3) is 0 Å². The number of ether oxygens (including phenoxy) is 2. The molecule has 0 N–H and O–H groups in total. The molecule has 0 aliphatic heterocycles. The van der Waals surface area contributed by atoms with Crippen LogP contribution in [0.2, 0.25) is 0 Å².